The van der Waals surface area contributed by atoms with Gasteiger partial charge >= 0.3 is 0 Å². The van der Waals surface area contributed by atoms with E-state index in [2.05, 4.69) is 6.07 Å². The van der Waals surface area contributed by atoms with E-state index in [0.717, 1.165) is 12.0 Å². The van der Waals surface area contributed by atoms with Crippen LogP contribution in [0.3, 0.4) is 0 Å². The zero-order valence-electron chi connectivity index (χ0n) is 15.2. The molecule has 0 fully saturated rings. The van der Waals surface area contributed by atoms with Crippen LogP contribution < -0.4 is 9.04 Å². The van der Waals surface area contributed by atoms with Gasteiger partial charge in [0.05, 0.1) is 11.9 Å². The van der Waals surface area contributed by atoms with Crippen molar-refractivity contribution in [3.8, 4) is 5.75 Å². The van der Waals surface area contributed by atoms with Crippen LogP contribution in [0.4, 0.5) is 5.69 Å². The maximum atomic E-state index is 13.1. The molecule has 1 atom stereocenters. The summed E-state index contributed by atoms with van der Waals surface area (Å²) in [6, 6.07) is 15.1. The van der Waals surface area contributed by atoms with Crippen molar-refractivity contribution in [1.82, 2.24) is 4.90 Å². The van der Waals surface area contributed by atoms with Gasteiger partial charge in [0, 0.05) is 26.1 Å². The highest BCUT2D eigenvalue weighted by Crippen LogP contribution is 2.34. The summed E-state index contributed by atoms with van der Waals surface area (Å²) >= 11 is 0. The van der Waals surface area contributed by atoms with E-state index in [1.165, 1.54) is 16.1 Å². The van der Waals surface area contributed by atoms with Crippen molar-refractivity contribution in [1.29, 1.82) is 0 Å². The minimum Gasteiger partial charge on any atom is -0.478 e. The number of nitrogens with zero attached hydrogens (tertiary/aromatic N) is 2. The number of sulfonamides is 1. The molecule has 2 aromatic carbocycles. The average Bonchev–Trinajstić information content (AvgIpc) is 2.86. The zero-order chi connectivity index (χ0) is 19.0. The van der Waals surface area contributed by atoms with Crippen LogP contribution in [0, 0.1) is 0 Å². The molecular formula is C20H22N2O4S. The lowest BCUT2D eigenvalue weighted by atomic mass is 9.99. The van der Waals surface area contributed by atoms with Gasteiger partial charge in [-0.15, -0.1) is 0 Å². The Morgan fingerprint density at radius 2 is 1.74 bits per heavy atom. The molecule has 6 nitrogen and oxygen atoms in total. The number of hydrogen-bond acceptors (Lipinski definition) is 4. The lowest BCUT2D eigenvalue weighted by Crippen LogP contribution is -2.45. The predicted octanol–water partition coefficient (Wildman–Crippen LogP) is 2.19. The maximum absolute atomic E-state index is 13.1. The van der Waals surface area contributed by atoms with Gasteiger partial charge in [-0.2, -0.15) is 0 Å². The molecule has 0 saturated carbocycles. The normalized spacial score (nSPS) is 19.5. The Morgan fingerprint density at radius 1 is 1.04 bits per heavy atom. The van der Waals surface area contributed by atoms with Gasteiger partial charge in [-0.25, -0.2) is 8.42 Å². The molecule has 2 heterocycles. The molecule has 0 unspecified atom stereocenters. The lowest BCUT2D eigenvalue weighted by molar-refractivity contribution is -0.139. The number of fused-ring (bicyclic) bond motifs is 2. The number of rotatable bonds is 2. The third-order valence-corrected chi connectivity index (χ3v) is 6.30. The van der Waals surface area contributed by atoms with E-state index in [0.29, 0.717) is 30.9 Å². The summed E-state index contributed by atoms with van der Waals surface area (Å²) in [4.78, 5) is 14.9. The second-order valence-corrected chi connectivity index (χ2v) is 8.88. The number of benzene rings is 2. The summed E-state index contributed by atoms with van der Waals surface area (Å²) in [7, 11) is -3.45. The Balaban J connectivity index is 1.58. The summed E-state index contributed by atoms with van der Waals surface area (Å²) in [5.41, 5.74) is 2.92. The zero-order valence-corrected chi connectivity index (χ0v) is 16.0. The third-order valence-electron chi connectivity index (χ3n) is 5.12. The molecule has 1 amide bonds. The highest BCUT2D eigenvalue weighted by molar-refractivity contribution is 7.92. The molecule has 2 aliphatic rings. The largest absolute Gasteiger partial charge is 0.478 e. The van der Waals surface area contributed by atoms with E-state index in [1.807, 2.05) is 23.1 Å². The van der Waals surface area contributed by atoms with Crippen LogP contribution in [0.25, 0.3) is 0 Å². The van der Waals surface area contributed by atoms with Crippen LogP contribution in [0.15, 0.2) is 48.5 Å². The van der Waals surface area contributed by atoms with Crippen LogP contribution in [0.5, 0.6) is 5.75 Å². The van der Waals surface area contributed by atoms with E-state index in [4.69, 9.17) is 4.74 Å². The molecule has 0 radical (unpaired) electrons. The molecule has 0 aliphatic carbocycles. The van der Waals surface area contributed by atoms with Gasteiger partial charge in [-0.05, 0) is 29.7 Å². The molecule has 2 aromatic rings. The highest BCUT2D eigenvalue weighted by atomic mass is 32.2. The van der Waals surface area contributed by atoms with Gasteiger partial charge in [-0.1, -0.05) is 36.4 Å². The molecule has 0 aromatic heterocycles. The van der Waals surface area contributed by atoms with Crippen molar-refractivity contribution in [2.75, 3.05) is 23.7 Å². The molecule has 7 heteroatoms. The van der Waals surface area contributed by atoms with Crippen LogP contribution in [0.2, 0.25) is 0 Å². The number of carbonyl (C=O) groups is 1. The van der Waals surface area contributed by atoms with Gasteiger partial charge in [0.25, 0.3) is 5.91 Å². The Morgan fingerprint density at radius 3 is 2.52 bits per heavy atom. The van der Waals surface area contributed by atoms with Crippen LogP contribution in [-0.2, 0) is 27.8 Å². The van der Waals surface area contributed by atoms with Crippen molar-refractivity contribution >= 4 is 21.6 Å². The molecule has 0 N–H and O–H groups in total. The average molecular weight is 386 g/mol. The van der Waals surface area contributed by atoms with Gasteiger partial charge < -0.3 is 9.64 Å². The Bertz CT molecular complexity index is 973. The molecule has 27 heavy (non-hydrogen) atoms. The Kier molecular flexibility index (Phi) is 4.55. The first-order valence-corrected chi connectivity index (χ1v) is 10.9. The van der Waals surface area contributed by atoms with E-state index >= 15 is 0 Å². The minimum atomic E-state index is -3.45. The first kappa shape index (κ1) is 17.9. The van der Waals surface area contributed by atoms with Crippen molar-refractivity contribution in [3.05, 3.63) is 59.7 Å². The number of anilines is 1. The third kappa shape index (κ3) is 3.51. The molecule has 0 bridgehead atoms. The van der Waals surface area contributed by atoms with Crippen molar-refractivity contribution in [2.45, 2.75) is 25.5 Å². The molecule has 2 aliphatic heterocycles. The van der Waals surface area contributed by atoms with Gasteiger partial charge in [0.15, 0.2) is 6.10 Å². The quantitative estimate of drug-likeness (QED) is 0.794. The predicted molar refractivity (Wildman–Crippen MR) is 103 cm³/mol. The van der Waals surface area contributed by atoms with E-state index < -0.39 is 16.1 Å². The lowest BCUT2D eigenvalue weighted by Gasteiger charge is -2.31. The summed E-state index contributed by atoms with van der Waals surface area (Å²) in [5.74, 6) is 0.339. The smallest absolute Gasteiger partial charge is 0.264 e. The second kappa shape index (κ2) is 6.88. The molecule has 4 rings (SSSR count). The standard InChI is InChI=1S/C20H22N2O4S/c1-27(24,25)22-13-11-19(26-18-9-5-4-8-17(18)22)20(23)21-12-10-15-6-2-3-7-16(15)14-21/h2-9,19H,10-14H2,1H3/t19-/m0/s1. The second-order valence-electron chi connectivity index (χ2n) is 6.98. The highest BCUT2D eigenvalue weighted by Gasteiger charge is 2.34. The van der Waals surface area contributed by atoms with Crippen molar-refractivity contribution in [3.63, 3.8) is 0 Å². The van der Waals surface area contributed by atoms with E-state index in [-0.39, 0.29) is 12.5 Å². The fraction of sp³-hybridized carbons (Fsp3) is 0.350. The first-order chi connectivity index (χ1) is 12.9. The van der Waals surface area contributed by atoms with Crippen LogP contribution in [-0.4, -0.2) is 44.7 Å². The SMILES string of the molecule is CS(=O)(=O)N1CC[C@@H](C(=O)N2CCc3ccccc3C2)Oc2ccccc21. The number of hydrogen-bond donors (Lipinski definition) is 0. The topological polar surface area (TPSA) is 66.9 Å². The van der Waals surface area contributed by atoms with Crippen molar-refractivity contribution in [2.24, 2.45) is 0 Å². The monoisotopic (exact) mass is 386 g/mol. The van der Waals surface area contributed by atoms with Gasteiger partial charge in [-0.3, -0.25) is 9.10 Å². The number of amides is 1. The maximum Gasteiger partial charge on any atom is 0.264 e. The Labute approximate surface area is 159 Å². The minimum absolute atomic E-state index is 0.0883. The first-order valence-electron chi connectivity index (χ1n) is 9.02. The summed E-state index contributed by atoms with van der Waals surface area (Å²) in [6.07, 6.45) is 1.62. The Hall–Kier alpha value is -2.54. The number of carbonyl (C=O) groups excluding carboxylic acids is 1. The number of para-hydroxylation sites is 2. The summed E-state index contributed by atoms with van der Waals surface area (Å²) < 4.78 is 31.7. The molecule has 142 valence electrons. The van der Waals surface area contributed by atoms with E-state index in [9.17, 15) is 13.2 Å². The fourth-order valence-corrected chi connectivity index (χ4v) is 4.68. The molecule has 0 saturated heterocycles. The summed E-state index contributed by atoms with van der Waals surface area (Å²) in [5, 5.41) is 0. The van der Waals surface area contributed by atoms with Gasteiger partial charge in [0.2, 0.25) is 10.0 Å². The fourth-order valence-electron chi connectivity index (χ4n) is 3.74. The molecule has 0 spiro atoms. The number of ether oxygens (including phenoxy) is 1. The van der Waals surface area contributed by atoms with Crippen molar-refractivity contribution < 1.29 is 17.9 Å². The van der Waals surface area contributed by atoms with Gasteiger partial charge in [0.1, 0.15) is 5.75 Å². The van der Waals surface area contributed by atoms with E-state index in [1.54, 1.807) is 24.3 Å². The molecular weight excluding hydrogens is 364 g/mol. The van der Waals surface area contributed by atoms with Crippen LogP contribution >= 0.6 is 0 Å². The van der Waals surface area contributed by atoms with Crippen LogP contribution in [0.1, 0.15) is 17.5 Å². The summed E-state index contributed by atoms with van der Waals surface area (Å²) in [6.45, 7) is 1.43.